The zero-order chi connectivity index (χ0) is 15.5. The molecule has 1 saturated carbocycles. The lowest BCUT2D eigenvalue weighted by molar-refractivity contribution is -0.131. The molecular weight excluding hydrogens is 292 g/mol. The molecule has 21 heavy (non-hydrogen) atoms. The van der Waals surface area contributed by atoms with Crippen molar-refractivity contribution < 1.29 is 18.0 Å². The average molecular weight is 316 g/mol. The Kier molecular flexibility index (Phi) is 5.24. The van der Waals surface area contributed by atoms with Crippen molar-refractivity contribution in [1.29, 1.82) is 0 Å². The standard InChI is InChI=1S/C14H24N2O4S/c1-11(17)16(13-4-2-3-5-13)8-6-14(18)15-12-7-9-21(19,20)10-12/h12-13H,2-10H2,1H3,(H,15,18). The highest BCUT2D eigenvalue weighted by Crippen LogP contribution is 2.23. The number of nitrogens with one attached hydrogen (secondary N) is 1. The molecule has 0 aromatic heterocycles. The molecule has 2 aliphatic rings. The second kappa shape index (κ2) is 6.77. The number of rotatable bonds is 5. The zero-order valence-electron chi connectivity index (χ0n) is 12.5. The molecule has 6 nitrogen and oxygen atoms in total. The Bertz CT molecular complexity index is 497. The highest BCUT2D eigenvalue weighted by Gasteiger charge is 2.29. The summed E-state index contributed by atoms with van der Waals surface area (Å²) < 4.78 is 22.7. The van der Waals surface area contributed by atoms with E-state index in [0.717, 1.165) is 25.7 Å². The lowest BCUT2D eigenvalue weighted by Gasteiger charge is -2.27. The van der Waals surface area contributed by atoms with Gasteiger partial charge >= 0.3 is 0 Å². The molecule has 0 spiro atoms. The van der Waals surface area contributed by atoms with Crippen molar-refractivity contribution in [3.05, 3.63) is 0 Å². The van der Waals surface area contributed by atoms with E-state index >= 15 is 0 Å². The Morgan fingerprint density at radius 1 is 1.19 bits per heavy atom. The van der Waals surface area contributed by atoms with E-state index in [4.69, 9.17) is 0 Å². The topological polar surface area (TPSA) is 83.6 Å². The van der Waals surface area contributed by atoms with Crippen LogP contribution in [-0.4, -0.2) is 55.3 Å². The van der Waals surface area contributed by atoms with Crippen molar-refractivity contribution in [2.45, 2.75) is 57.5 Å². The molecule has 1 heterocycles. The fourth-order valence-electron chi connectivity index (χ4n) is 3.24. The summed E-state index contributed by atoms with van der Waals surface area (Å²) >= 11 is 0. The molecule has 1 aliphatic carbocycles. The van der Waals surface area contributed by atoms with Crippen LogP contribution in [0.3, 0.4) is 0 Å². The lowest BCUT2D eigenvalue weighted by Crippen LogP contribution is -2.42. The Morgan fingerprint density at radius 2 is 1.86 bits per heavy atom. The molecule has 1 N–H and O–H groups in total. The highest BCUT2D eigenvalue weighted by atomic mass is 32.2. The third-order valence-corrected chi connectivity index (χ3v) is 6.12. The van der Waals surface area contributed by atoms with Crippen LogP contribution in [0.5, 0.6) is 0 Å². The molecule has 2 fully saturated rings. The van der Waals surface area contributed by atoms with Gasteiger partial charge in [0.05, 0.1) is 11.5 Å². The van der Waals surface area contributed by atoms with Gasteiger partial charge in [0, 0.05) is 32.0 Å². The van der Waals surface area contributed by atoms with Gasteiger partial charge < -0.3 is 10.2 Å². The van der Waals surface area contributed by atoms with Crippen LogP contribution in [0, 0.1) is 0 Å². The van der Waals surface area contributed by atoms with Gasteiger partial charge in [0.2, 0.25) is 11.8 Å². The van der Waals surface area contributed by atoms with Gasteiger partial charge in [-0.2, -0.15) is 0 Å². The van der Waals surface area contributed by atoms with Crippen LogP contribution in [0.15, 0.2) is 0 Å². The van der Waals surface area contributed by atoms with Gasteiger partial charge in [-0.25, -0.2) is 8.42 Å². The van der Waals surface area contributed by atoms with E-state index in [2.05, 4.69) is 5.32 Å². The summed E-state index contributed by atoms with van der Waals surface area (Å²) in [5.41, 5.74) is 0. The predicted octanol–water partition coefficient (Wildman–Crippen LogP) is 0.471. The van der Waals surface area contributed by atoms with Crippen LogP contribution in [-0.2, 0) is 19.4 Å². The van der Waals surface area contributed by atoms with Crippen molar-refractivity contribution in [3.8, 4) is 0 Å². The molecule has 1 unspecified atom stereocenters. The van der Waals surface area contributed by atoms with Crippen LogP contribution >= 0.6 is 0 Å². The monoisotopic (exact) mass is 316 g/mol. The number of carbonyl (C=O) groups excluding carboxylic acids is 2. The highest BCUT2D eigenvalue weighted by molar-refractivity contribution is 7.91. The van der Waals surface area contributed by atoms with Crippen molar-refractivity contribution in [2.24, 2.45) is 0 Å². The largest absolute Gasteiger partial charge is 0.352 e. The van der Waals surface area contributed by atoms with Gasteiger partial charge in [-0.05, 0) is 19.3 Å². The molecule has 1 atom stereocenters. The minimum absolute atomic E-state index is 0.0122. The Labute approximate surface area is 126 Å². The fraction of sp³-hybridized carbons (Fsp3) is 0.857. The molecule has 1 aliphatic heterocycles. The average Bonchev–Trinajstić information content (AvgIpc) is 2.99. The van der Waals surface area contributed by atoms with Crippen LogP contribution in [0.1, 0.15) is 45.4 Å². The van der Waals surface area contributed by atoms with Gasteiger partial charge in [0.1, 0.15) is 0 Å². The van der Waals surface area contributed by atoms with Crippen LogP contribution in [0.25, 0.3) is 0 Å². The molecule has 0 radical (unpaired) electrons. The van der Waals surface area contributed by atoms with E-state index in [9.17, 15) is 18.0 Å². The first-order valence-electron chi connectivity index (χ1n) is 7.64. The van der Waals surface area contributed by atoms with Crippen LogP contribution in [0.4, 0.5) is 0 Å². The number of nitrogens with zero attached hydrogens (tertiary/aromatic N) is 1. The summed E-state index contributed by atoms with van der Waals surface area (Å²) in [6, 6.07) is 0.00177. The third-order valence-electron chi connectivity index (χ3n) is 4.35. The summed E-state index contributed by atoms with van der Waals surface area (Å²) in [7, 11) is -2.98. The maximum Gasteiger partial charge on any atom is 0.222 e. The quantitative estimate of drug-likeness (QED) is 0.799. The molecule has 1 saturated heterocycles. The number of sulfone groups is 1. The molecule has 7 heteroatoms. The van der Waals surface area contributed by atoms with Gasteiger partial charge in [0.25, 0.3) is 0 Å². The first-order chi connectivity index (χ1) is 9.87. The molecule has 0 aromatic carbocycles. The van der Waals surface area contributed by atoms with E-state index in [0.29, 0.717) is 13.0 Å². The van der Waals surface area contributed by atoms with Crippen LogP contribution < -0.4 is 5.32 Å². The van der Waals surface area contributed by atoms with Gasteiger partial charge in [0.15, 0.2) is 9.84 Å². The summed E-state index contributed by atoms with van der Waals surface area (Å²) in [5.74, 6) is 0.0386. The Morgan fingerprint density at radius 3 is 2.38 bits per heavy atom. The van der Waals surface area contributed by atoms with Crippen molar-refractivity contribution in [3.63, 3.8) is 0 Å². The van der Waals surface area contributed by atoms with Crippen LogP contribution in [0.2, 0.25) is 0 Å². The minimum Gasteiger partial charge on any atom is -0.352 e. The SMILES string of the molecule is CC(=O)N(CCC(=O)NC1CCS(=O)(=O)C1)C1CCCC1. The number of hydrogen-bond donors (Lipinski definition) is 1. The normalized spacial score (nSPS) is 24.9. The van der Waals surface area contributed by atoms with Crippen molar-refractivity contribution >= 4 is 21.7 Å². The second-order valence-corrected chi connectivity index (χ2v) is 8.30. The van der Waals surface area contributed by atoms with E-state index in [-0.39, 0.29) is 41.8 Å². The van der Waals surface area contributed by atoms with E-state index < -0.39 is 9.84 Å². The molecule has 120 valence electrons. The third kappa shape index (κ3) is 4.69. The minimum atomic E-state index is -2.98. The van der Waals surface area contributed by atoms with E-state index in [1.807, 2.05) is 0 Å². The maximum absolute atomic E-state index is 11.9. The molecular formula is C14H24N2O4S. The van der Waals surface area contributed by atoms with Crippen molar-refractivity contribution in [1.82, 2.24) is 10.2 Å². The van der Waals surface area contributed by atoms with Crippen molar-refractivity contribution in [2.75, 3.05) is 18.1 Å². The first-order valence-corrected chi connectivity index (χ1v) is 9.46. The Hall–Kier alpha value is -1.11. The predicted molar refractivity (Wildman–Crippen MR) is 79.5 cm³/mol. The molecule has 2 amide bonds. The first kappa shape index (κ1) is 16.3. The van der Waals surface area contributed by atoms with Gasteiger partial charge in [-0.15, -0.1) is 0 Å². The molecule has 0 aromatic rings. The lowest BCUT2D eigenvalue weighted by atomic mass is 10.2. The maximum atomic E-state index is 11.9. The Balaban J connectivity index is 1.78. The fourth-order valence-corrected chi connectivity index (χ4v) is 4.92. The summed E-state index contributed by atoms with van der Waals surface area (Å²) in [5, 5.41) is 2.76. The van der Waals surface area contributed by atoms with Gasteiger partial charge in [-0.1, -0.05) is 12.8 Å². The van der Waals surface area contributed by atoms with Gasteiger partial charge in [-0.3, -0.25) is 9.59 Å². The van der Waals surface area contributed by atoms with E-state index in [1.165, 1.54) is 0 Å². The summed E-state index contributed by atoms with van der Waals surface area (Å²) in [4.78, 5) is 25.4. The zero-order valence-corrected chi connectivity index (χ0v) is 13.3. The molecule has 2 rings (SSSR count). The number of carbonyl (C=O) groups is 2. The second-order valence-electron chi connectivity index (χ2n) is 6.07. The summed E-state index contributed by atoms with van der Waals surface area (Å²) in [6.07, 6.45) is 5.05. The number of hydrogen-bond acceptors (Lipinski definition) is 4. The number of amides is 2. The smallest absolute Gasteiger partial charge is 0.222 e. The molecule has 0 bridgehead atoms. The summed E-state index contributed by atoms with van der Waals surface area (Å²) in [6.45, 7) is 1.96. The van der Waals surface area contributed by atoms with E-state index in [1.54, 1.807) is 11.8 Å².